The van der Waals surface area contributed by atoms with Gasteiger partial charge in [0.25, 0.3) is 0 Å². The standard InChI is InChI=1S/C20H27N5O2/c1-21-20(23-15-16-5-4-10-22-19(16)27-3)25-13-11-24(12-14-25)17-6-8-18(26-2)9-7-17/h4-10H,11-15H2,1-3H3,(H,21,23). The average Bonchev–Trinajstić information content (AvgIpc) is 2.75. The van der Waals surface area contributed by atoms with Crippen molar-refractivity contribution in [3.05, 3.63) is 48.2 Å². The third-order valence-corrected chi connectivity index (χ3v) is 4.71. The van der Waals surface area contributed by atoms with Gasteiger partial charge < -0.3 is 24.6 Å². The van der Waals surface area contributed by atoms with Gasteiger partial charge in [0.05, 0.1) is 14.2 Å². The monoisotopic (exact) mass is 369 g/mol. The van der Waals surface area contributed by atoms with E-state index < -0.39 is 0 Å². The van der Waals surface area contributed by atoms with E-state index in [4.69, 9.17) is 9.47 Å². The van der Waals surface area contributed by atoms with Crippen molar-refractivity contribution in [2.24, 2.45) is 4.99 Å². The minimum atomic E-state index is 0.627. The Morgan fingerprint density at radius 3 is 2.44 bits per heavy atom. The molecule has 0 saturated carbocycles. The number of nitrogens with one attached hydrogen (secondary N) is 1. The van der Waals surface area contributed by atoms with Crippen LogP contribution in [-0.4, -0.2) is 63.3 Å². The normalized spacial score (nSPS) is 14.9. The molecule has 1 N–H and O–H groups in total. The molecule has 1 fully saturated rings. The lowest BCUT2D eigenvalue weighted by Crippen LogP contribution is -2.52. The molecule has 3 rings (SSSR count). The molecule has 0 bridgehead atoms. The second-order valence-corrected chi connectivity index (χ2v) is 6.24. The topological polar surface area (TPSA) is 62.2 Å². The Morgan fingerprint density at radius 2 is 1.81 bits per heavy atom. The first-order valence-electron chi connectivity index (χ1n) is 9.07. The zero-order chi connectivity index (χ0) is 19.1. The molecule has 1 aromatic carbocycles. The quantitative estimate of drug-likeness (QED) is 0.643. The minimum Gasteiger partial charge on any atom is -0.497 e. The second kappa shape index (κ2) is 9.12. The van der Waals surface area contributed by atoms with Crippen LogP contribution in [-0.2, 0) is 6.54 Å². The number of guanidine groups is 1. The molecule has 0 aliphatic carbocycles. The third kappa shape index (κ3) is 4.61. The molecule has 1 aliphatic rings. The molecule has 0 radical (unpaired) electrons. The Kier molecular flexibility index (Phi) is 6.35. The highest BCUT2D eigenvalue weighted by Gasteiger charge is 2.20. The maximum atomic E-state index is 5.32. The molecule has 2 aromatic rings. The fourth-order valence-electron chi connectivity index (χ4n) is 3.22. The van der Waals surface area contributed by atoms with E-state index in [0.717, 1.165) is 43.5 Å². The number of pyridine rings is 1. The lowest BCUT2D eigenvalue weighted by molar-refractivity contribution is 0.370. The van der Waals surface area contributed by atoms with Crippen LogP contribution in [0.3, 0.4) is 0 Å². The SMILES string of the molecule is CN=C(NCc1cccnc1OC)N1CCN(c2ccc(OC)cc2)CC1. The molecular formula is C20H27N5O2. The molecule has 1 saturated heterocycles. The summed E-state index contributed by atoms with van der Waals surface area (Å²) < 4.78 is 10.6. The van der Waals surface area contributed by atoms with Crippen LogP contribution in [0.2, 0.25) is 0 Å². The van der Waals surface area contributed by atoms with E-state index in [1.165, 1.54) is 5.69 Å². The van der Waals surface area contributed by atoms with Gasteiger partial charge >= 0.3 is 0 Å². The zero-order valence-electron chi connectivity index (χ0n) is 16.2. The number of nitrogens with zero attached hydrogens (tertiary/aromatic N) is 4. The van der Waals surface area contributed by atoms with E-state index >= 15 is 0 Å². The first kappa shape index (κ1) is 18.8. The highest BCUT2D eigenvalue weighted by Crippen LogP contribution is 2.20. The average molecular weight is 369 g/mol. The summed E-state index contributed by atoms with van der Waals surface area (Å²) in [5, 5.41) is 3.42. The molecule has 0 unspecified atom stereocenters. The van der Waals surface area contributed by atoms with Crippen molar-refractivity contribution in [1.29, 1.82) is 0 Å². The van der Waals surface area contributed by atoms with Gasteiger partial charge in [-0.05, 0) is 30.3 Å². The van der Waals surface area contributed by atoms with Gasteiger partial charge in [-0.2, -0.15) is 0 Å². The number of aliphatic imine (C=N–C) groups is 1. The molecule has 27 heavy (non-hydrogen) atoms. The molecule has 144 valence electrons. The van der Waals surface area contributed by atoms with E-state index in [1.54, 1.807) is 20.4 Å². The lowest BCUT2D eigenvalue weighted by Gasteiger charge is -2.37. The number of anilines is 1. The Balaban J connectivity index is 1.55. The maximum absolute atomic E-state index is 5.32. The molecule has 2 heterocycles. The number of hydrogen-bond donors (Lipinski definition) is 1. The zero-order valence-corrected chi connectivity index (χ0v) is 16.2. The van der Waals surface area contributed by atoms with Crippen LogP contribution in [0.5, 0.6) is 11.6 Å². The second-order valence-electron chi connectivity index (χ2n) is 6.24. The summed E-state index contributed by atoms with van der Waals surface area (Å²) in [6, 6.07) is 12.1. The van der Waals surface area contributed by atoms with Crippen LogP contribution in [0.15, 0.2) is 47.6 Å². The fraction of sp³-hybridized carbons (Fsp3) is 0.400. The van der Waals surface area contributed by atoms with Crippen LogP contribution in [0.1, 0.15) is 5.56 Å². The number of aromatic nitrogens is 1. The van der Waals surface area contributed by atoms with Crippen molar-refractivity contribution in [3.63, 3.8) is 0 Å². The smallest absolute Gasteiger partial charge is 0.218 e. The lowest BCUT2D eigenvalue weighted by atomic mass is 10.2. The first-order chi connectivity index (χ1) is 13.2. The third-order valence-electron chi connectivity index (χ3n) is 4.71. The Hall–Kier alpha value is -2.96. The van der Waals surface area contributed by atoms with Crippen LogP contribution in [0.4, 0.5) is 5.69 Å². The Morgan fingerprint density at radius 1 is 1.07 bits per heavy atom. The summed E-state index contributed by atoms with van der Waals surface area (Å²) in [6.07, 6.45) is 1.73. The molecular weight excluding hydrogens is 342 g/mol. The summed E-state index contributed by atoms with van der Waals surface area (Å²) in [7, 11) is 5.14. The Labute approximate surface area is 160 Å². The highest BCUT2D eigenvalue weighted by molar-refractivity contribution is 5.80. The van der Waals surface area contributed by atoms with Crippen LogP contribution >= 0.6 is 0 Å². The first-order valence-corrected chi connectivity index (χ1v) is 9.07. The number of ether oxygens (including phenoxy) is 2. The van der Waals surface area contributed by atoms with Gasteiger partial charge in [-0.3, -0.25) is 4.99 Å². The summed E-state index contributed by atoms with van der Waals surface area (Å²) in [4.78, 5) is 13.3. The van der Waals surface area contributed by atoms with Crippen molar-refractivity contribution >= 4 is 11.6 Å². The van der Waals surface area contributed by atoms with E-state index in [9.17, 15) is 0 Å². The van der Waals surface area contributed by atoms with E-state index in [1.807, 2.05) is 31.3 Å². The van der Waals surface area contributed by atoms with Crippen molar-refractivity contribution in [3.8, 4) is 11.6 Å². The van der Waals surface area contributed by atoms with E-state index in [-0.39, 0.29) is 0 Å². The highest BCUT2D eigenvalue weighted by atomic mass is 16.5. The van der Waals surface area contributed by atoms with Crippen molar-refractivity contribution in [2.75, 3.05) is 52.3 Å². The van der Waals surface area contributed by atoms with Gasteiger partial charge in [0.1, 0.15) is 5.75 Å². The number of methoxy groups -OCH3 is 2. The largest absolute Gasteiger partial charge is 0.497 e. The van der Waals surface area contributed by atoms with Gasteiger partial charge in [-0.25, -0.2) is 4.98 Å². The maximum Gasteiger partial charge on any atom is 0.218 e. The van der Waals surface area contributed by atoms with E-state index in [0.29, 0.717) is 12.4 Å². The van der Waals surface area contributed by atoms with Gasteiger partial charge in [0.2, 0.25) is 5.88 Å². The molecule has 1 aliphatic heterocycles. The van der Waals surface area contributed by atoms with Gasteiger partial charge in [0.15, 0.2) is 5.96 Å². The molecule has 7 nitrogen and oxygen atoms in total. The molecule has 0 spiro atoms. The summed E-state index contributed by atoms with van der Waals surface area (Å²) in [5.74, 6) is 2.42. The number of hydrogen-bond acceptors (Lipinski definition) is 5. The number of benzene rings is 1. The van der Waals surface area contributed by atoms with Crippen molar-refractivity contribution in [1.82, 2.24) is 15.2 Å². The van der Waals surface area contributed by atoms with Gasteiger partial charge in [-0.15, -0.1) is 0 Å². The van der Waals surface area contributed by atoms with Crippen LogP contribution in [0.25, 0.3) is 0 Å². The van der Waals surface area contributed by atoms with Crippen molar-refractivity contribution in [2.45, 2.75) is 6.54 Å². The van der Waals surface area contributed by atoms with Crippen molar-refractivity contribution < 1.29 is 9.47 Å². The summed E-state index contributed by atoms with van der Waals surface area (Å²) in [6.45, 7) is 4.35. The molecule has 0 atom stereocenters. The van der Waals surface area contributed by atoms with Crippen LogP contribution in [0, 0.1) is 0 Å². The van der Waals surface area contributed by atoms with E-state index in [2.05, 4.69) is 37.2 Å². The van der Waals surface area contributed by atoms with Gasteiger partial charge in [0, 0.05) is 57.2 Å². The fourth-order valence-corrected chi connectivity index (χ4v) is 3.22. The molecule has 7 heteroatoms. The molecule has 0 amide bonds. The number of piperazine rings is 1. The summed E-state index contributed by atoms with van der Waals surface area (Å²) in [5.41, 5.74) is 2.23. The Bertz CT molecular complexity index is 755. The van der Waals surface area contributed by atoms with Crippen LogP contribution < -0.4 is 19.7 Å². The predicted molar refractivity (Wildman–Crippen MR) is 108 cm³/mol. The predicted octanol–water partition coefficient (Wildman–Crippen LogP) is 2.00. The van der Waals surface area contributed by atoms with Gasteiger partial charge in [-0.1, -0.05) is 6.07 Å². The molecule has 1 aromatic heterocycles. The summed E-state index contributed by atoms with van der Waals surface area (Å²) >= 11 is 0. The number of rotatable bonds is 5. The minimum absolute atomic E-state index is 0.627.